The Kier molecular flexibility index (Phi) is 5.44. The predicted octanol–water partition coefficient (Wildman–Crippen LogP) is 1.09. The van der Waals surface area contributed by atoms with Crippen LogP contribution in [-0.2, 0) is 14.8 Å². The summed E-state index contributed by atoms with van der Waals surface area (Å²) in [5.41, 5.74) is 6.23. The van der Waals surface area contributed by atoms with Crippen LogP contribution in [0.2, 0.25) is 0 Å². The Balaban J connectivity index is 1.84. The van der Waals surface area contributed by atoms with E-state index in [1.165, 1.54) is 4.31 Å². The number of sulfonamides is 1. The van der Waals surface area contributed by atoms with Crippen LogP contribution in [0.3, 0.4) is 0 Å². The van der Waals surface area contributed by atoms with Crippen molar-refractivity contribution in [2.24, 2.45) is 0 Å². The van der Waals surface area contributed by atoms with Gasteiger partial charge in [-0.3, -0.25) is 0 Å². The molecule has 1 aliphatic rings. The lowest BCUT2D eigenvalue weighted by molar-refractivity contribution is 0.0571. The number of anilines is 1. The van der Waals surface area contributed by atoms with E-state index in [0.29, 0.717) is 24.5 Å². The maximum Gasteiger partial charge on any atom is 0.217 e. The smallest absolute Gasteiger partial charge is 0.217 e. The van der Waals surface area contributed by atoms with E-state index >= 15 is 0 Å². The van der Waals surface area contributed by atoms with Gasteiger partial charge in [0.25, 0.3) is 0 Å². The minimum atomic E-state index is -3.30. The number of piperidine rings is 1. The van der Waals surface area contributed by atoms with Crippen LogP contribution in [0.4, 0.5) is 5.69 Å². The first-order chi connectivity index (χ1) is 10.0. The summed E-state index contributed by atoms with van der Waals surface area (Å²) in [6.45, 7) is 1.12. The molecule has 0 spiro atoms. The topological polar surface area (TPSA) is 81.9 Å². The van der Waals surface area contributed by atoms with Crippen molar-refractivity contribution in [1.29, 1.82) is 0 Å². The van der Waals surface area contributed by atoms with Crippen molar-refractivity contribution in [3.8, 4) is 5.75 Å². The van der Waals surface area contributed by atoms with Gasteiger partial charge >= 0.3 is 0 Å². The van der Waals surface area contributed by atoms with Gasteiger partial charge in [0.1, 0.15) is 12.4 Å². The number of rotatable bonds is 6. The molecule has 118 valence electrons. The lowest BCUT2D eigenvalue weighted by Crippen LogP contribution is -2.44. The van der Waals surface area contributed by atoms with Gasteiger partial charge in [0, 0.05) is 25.9 Å². The number of benzene rings is 1. The maximum absolute atomic E-state index is 12.3. The van der Waals surface area contributed by atoms with Crippen LogP contribution in [0.15, 0.2) is 24.3 Å². The zero-order valence-corrected chi connectivity index (χ0v) is 13.0. The van der Waals surface area contributed by atoms with Gasteiger partial charge in [0.05, 0.1) is 11.9 Å². The van der Waals surface area contributed by atoms with E-state index in [2.05, 4.69) is 0 Å². The van der Waals surface area contributed by atoms with E-state index in [4.69, 9.17) is 15.2 Å². The SMILES string of the molecule is COC1CCCN(S(=O)(=O)CCOc2ccc(N)cc2)C1. The molecular weight excluding hydrogens is 292 g/mol. The molecule has 1 heterocycles. The highest BCUT2D eigenvalue weighted by molar-refractivity contribution is 7.89. The van der Waals surface area contributed by atoms with Crippen molar-refractivity contribution in [2.75, 3.05) is 38.3 Å². The number of nitrogen functional groups attached to an aromatic ring is 1. The molecule has 1 aromatic carbocycles. The van der Waals surface area contributed by atoms with Crippen LogP contribution in [0.1, 0.15) is 12.8 Å². The molecule has 2 rings (SSSR count). The van der Waals surface area contributed by atoms with Gasteiger partial charge in [-0.05, 0) is 37.1 Å². The molecular formula is C14H22N2O4S. The number of hydrogen-bond donors (Lipinski definition) is 1. The summed E-state index contributed by atoms with van der Waals surface area (Å²) in [4.78, 5) is 0. The summed E-state index contributed by atoms with van der Waals surface area (Å²) >= 11 is 0. The molecule has 21 heavy (non-hydrogen) atoms. The third kappa shape index (κ3) is 4.59. The van der Waals surface area contributed by atoms with Crippen molar-refractivity contribution in [3.63, 3.8) is 0 Å². The normalized spacial score (nSPS) is 20.3. The minimum absolute atomic E-state index is 0.00783. The third-order valence-corrected chi connectivity index (χ3v) is 5.36. The fourth-order valence-electron chi connectivity index (χ4n) is 2.31. The fraction of sp³-hybridized carbons (Fsp3) is 0.571. The Bertz CT molecular complexity index is 545. The second kappa shape index (κ2) is 7.11. The molecule has 7 heteroatoms. The summed E-state index contributed by atoms with van der Waals surface area (Å²) in [5.74, 6) is 0.584. The molecule has 0 bridgehead atoms. The molecule has 1 aromatic rings. The molecule has 6 nitrogen and oxygen atoms in total. The number of ether oxygens (including phenoxy) is 2. The molecule has 2 N–H and O–H groups in total. The Morgan fingerprint density at radius 2 is 2.05 bits per heavy atom. The molecule has 0 amide bonds. The molecule has 0 aliphatic carbocycles. The third-order valence-electron chi connectivity index (χ3n) is 3.56. The molecule has 1 atom stereocenters. The van der Waals surface area contributed by atoms with E-state index < -0.39 is 10.0 Å². The number of nitrogens with two attached hydrogens (primary N) is 1. The Morgan fingerprint density at radius 1 is 1.33 bits per heavy atom. The number of nitrogens with zero attached hydrogens (tertiary/aromatic N) is 1. The van der Waals surface area contributed by atoms with Crippen LogP contribution < -0.4 is 10.5 Å². The second-order valence-corrected chi connectivity index (χ2v) is 7.18. The second-order valence-electron chi connectivity index (χ2n) is 5.09. The van der Waals surface area contributed by atoms with E-state index in [9.17, 15) is 8.42 Å². The van der Waals surface area contributed by atoms with E-state index in [0.717, 1.165) is 12.8 Å². The van der Waals surface area contributed by atoms with Crippen LogP contribution >= 0.6 is 0 Å². The first-order valence-electron chi connectivity index (χ1n) is 7.00. The largest absolute Gasteiger partial charge is 0.492 e. The molecule has 1 fully saturated rings. The molecule has 1 saturated heterocycles. The highest BCUT2D eigenvalue weighted by Crippen LogP contribution is 2.17. The standard InChI is InChI=1S/C14H22N2O4S/c1-19-14-3-2-8-16(11-14)21(17,18)10-9-20-13-6-4-12(15)5-7-13/h4-7,14H,2-3,8-11,15H2,1H3. The fourth-order valence-corrected chi connectivity index (χ4v) is 3.66. The number of methoxy groups -OCH3 is 1. The quantitative estimate of drug-likeness (QED) is 0.795. The number of hydrogen-bond acceptors (Lipinski definition) is 5. The zero-order chi connectivity index (χ0) is 15.3. The lowest BCUT2D eigenvalue weighted by Gasteiger charge is -2.31. The van der Waals surface area contributed by atoms with Gasteiger partial charge in [-0.25, -0.2) is 8.42 Å². The highest BCUT2D eigenvalue weighted by Gasteiger charge is 2.28. The average molecular weight is 314 g/mol. The Labute approximate surface area is 125 Å². The van der Waals surface area contributed by atoms with Crippen LogP contribution in [0, 0.1) is 0 Å². The van der Waals surface area contributed by atoms with Crippen LogP contribution in [0.5, 0.6) is 5.75 Å². The molecule has 0 aromatic heterocycles. The molecule has 0 radical (unpaired) electrons. The predicted molar refractivity (Wildman–Crippen MR) is 81.7 cm³/mol. The summed E-state index contributed by atoms with van der Waals surface area (Å²) in [5, 5.41) is 0. The zero-order valence-electron chi connectivity index (χ0n) is 12.2. The maximum atomic E-state index is 12.3. The van der Waals surface area contributed by atoms with Crippen molar-refractivity contribution in [1.82, 2.24) is 4.31 Å². The Morgan fingerprint density at radius 3 is 2.71 bits per heavy atom. The van der Waals surface area contributed by atoms with Gasteiger partial charge in [0.15, 0.2) is 0 Å². The summed E-state index contributed by atoms with van der Waals surface area (Å²) in [7, 11) is -1.68. The van der Waals surface area contributed by atoms with Crippen molar-refractivity contribution < 1.29 is 17.9 Å². The van der Waals surface area contributed by atoms with Gasteiger partial charge in [-0.2, -0.15) is 4.31 Å². The highest BCUT2D eigenvalue weighted by atomic mass is 32.2. The van der Waals surface area contributed by atoms with Gasteiger partial charge < -0.3 is 15.2 Å². The lowest BCUT2D eigenvalue weighted by atomic mass is 10.1. The summed E-state index contributed by atoms with van der Waals surface area (Å²) in [6.07, 6.45) is 1.73. The first kappa shape index (κ1) is 16.1. The molecule has 1 unspecified atom stereocenters. The Hall–Kier alpha value is -1.31. The first-order valence-corrected chi connectivity index (χ1v) is 8.61. The van der Waals surface area contributed by atoms with Crippen molar-refractivity contribution in [2.45, 2.75) is 18.9 Å². The summed E-state index contributed by atoms with van der Waals surface area (Å²) < 4.78 is 36.7. The average Bonchev–Trinajstić information content (AvgIpc) is 2.49. The molecule has 0 saturated carbocycles. The van der Waals surface area contributed by atoms with Gasteiger partial charge in [-0.1, -0.05) is 0 Å². The minimum Gasteiger partial charge on any atom is -0.492 e. The van der Waals surface area contributed by atoms with Crippen molar-refractivity contribution >= 4 is 15.7 Å². The van der Waals surface area contributed by atoms with E-state index in [1.54, 1.807) is 31.4 Å². The van der Waals surface area contributed by atoms with Gasteiger partial charge in [-0.15, -0.1) is 0 Å². The van der Waals surface area contributed by atoms with Crippen LogP contribution in [-0.4, -0.2) is 51.4 Å². The van der Waals surface area contributed by atoms with E-state index in [-0.39, 0.29) is 18.5 Å². The summed E-state index contributed by atoms with van der Waals surface area (Å²) in [6, 6.07) is 6.89. The van der Waals surface area contributed by atoms with E-state index in [1.807, 2.05) is 0 Å². The monoisotopic (exact) mass is 314 g/mol. The molecule has 1 aliphatic heterocycles. The van der Waals surface area contributed by atoms with Crippen LogP contribution in [0.25, 0.3) is 0 Å². The van der Waals surface area contributed by atoms with Gasteiger partial charge in [0.2, 0.25) is 10.0 Å². The van der Waals surface area contributed by atoms with Crippen molar-refractivity contribution in [3.05, 3.63) is 24.3 Å².